The number of aromatic nitrogens is 2. The van der Waals surface area contributed by atoms with E-state index in [0.29, 0.717) is 6.10 Å². The van der Waals surface area contributed by atoms with Gasteiger partial charge in [0.15, 0.2) is 0 Å². The Labute approximate surface area is 116 Å². The lowest BCUT2D eigenvalue weighted by Gasteiger charge is -2.23. The first-order valence-electron chi connectivity index (χ1n) is 7.51. The van der Waals surface area contributed by atoms with E-state index in [4.69, 9.17) is 10.5 Å². The highest BCUT2D eigenvalue weighted by Gasteiger charge is 2.19. The summed E-state index contributed by atoms with van der Waals surface area (Å²) in [7, 11) is 0. The van der Waals surface area contributed by atoms with Crippen molar-refractivity contribution in [3.63, 3.8) is 0 Å². The highest BCUT2D eigenvalue weighted by molar-refractivity contribution is 5.25. The molecular weight excluding hydrogens is 238 g/mol. The van der Waals surface area contributed by atoms with Gasteiger partial charge in [-0.15, -0.1) is 0 Å². The van der Waals surface area contributed by atoms with Crippen LogP contribution in [0.2, 0.25) is 0 Å². The molecule has 0 aromatic carbocycles. The maximum Gasteiger partial charge on any atom is 0.0771 e. The SMILES string of the molecule is CCC(N)Cc1c(C)nn(CC2CCCCO2)c1C. The van der Waals surface area contributed by atoms with Crippen LogP contribution in [0.15, 0.2) is 0 Å². The van der Waals surface area contributed by atoms with Crippen LogP contribution < -0.4 is 5.73 Å². The Morgan fingerprint density at radius 2 is 2.21 bits per heavy atom. The molecule has 2 heterocycles. The second-order valence-electron chi connectivity index (χ2n) is 5.69. The number of aryl methyl sites for hydroxylation is 1. The minimum atomic E-state index is 0.237. The summed E-state index contributed by atoms with van der Waals surface area (Å²) in [5.74, 6) is 0. The average molecular weight is 265 g/mol. The van der Waals surface area contributed by atoms with E-state index in [-0.39, 0.29) is 6.04 Å². The van der Waals surface area contributed by atoms with Crippen LogP contribution in [0.5, 0.6) is 0 Å². The predicted octanol–water partition coefficient (Wildman–Crippen LogP) is 2.35. The number of rotatable bonds is 5. The number of nitrogens with zero attached hydrogens (tertiary/aromatic N) is 2. The lowest BCUT2D eigenvalue weighted by atomic mass is 10.0. The zero-order valence-corrected chi connectivity index (χ0v) is 12.5. The summed E-state index contributed by atoms with van der Waals surface area (Å²) in [6.07, 6.45) is 5.90. The van der Waals surface area contributed by atoms with E-state index < -0.39 is 0 Å². The van der Waals surface area contributed by atoms with Gasteiger partial charge in [0.2, 0.25) is 0 Å². The zero-order valence-electron chi connectivity index (χ0n) is 12.5. The molecule has 2 unspecified atom stereocenters. The van der Waals surface area contributed by atoms with E-state index >= 15 is 0 Å². The maximum atomic E-state index is 6.07. The largest absolute Gasteiger partial charge is 0.376 e. The molecule has 1 aliphatic rings. The summed E-state index contributed by atoms with van der Waals surface area (Å²) >= 11 is 0. The molecule has 1 aliphatic heterocycles. The third-order valence-electron chi connectivity index (χ3n) is 4.17. The monoisotopic (exact) mass is 265 g/mol. The van der Waals surface area contributed by atoms with Crippen LogP contribution in [0.4, 0.5) is 0 Å². The first-order valence-corrected chi connectivity index (χ1v) is 7.51. The van der Waals surface area contributed by atoms with Gasteiger partial charge in [0.05, 0.1) is 18.3 Å². The van der Waals surface area contributed by atoms with Crippen molar-refractivity contribution in [3.8, 4) is 0 Å². The number of nitrogens with two attached hydrogens (primary N) is 1. The summed E-state index contributed by atoms with van der Waals surface area (Å²) in [4.78, 5) is 0. The molecule has 19 heavy (non-hydrogen) atoms. The van der Waals surface area contributed by atoms with Gasteiger partial charge < -0.3 is 10.5 Å². The zero-order chi connectivity index (χ0) is 13.8. The van der Waals surface area contributed by atoms with Crippen molar-refractivity contribution in [1.29, 1.82) is 0 Å². The van der Waals surface area contributed by atoms with Gasteiger partial charge >= 0.3 is 0 Å². The number of ether oxygens (including phenoxy) is 1. The van der Waals surface area contributed by atoms with Crippen molar-refractivity contribution in [3.05, 3.63) is 17.0 Å². The molecular formula is C15H27N3O. The summed E-state index contributed by atoms with van der Waals surface area (Å²) in [5, 5.41) is 4.67. The van der Waals surface area contributed by atoms with Gasteiger partial charge in [-0.3, -0.25) is 4.68 Å². The van der Waals surface area contributed by atoms with E-state index in [1.54, 1.807) is 0 Å². The molecule has 108 valence electrons. The molecule has 2 rings (SSSR count). The highest BCUT2D eigenvalue weighted by Crippen LogP contribution is 2.19. The molecule has 1 aromatic heterocycles. The van der Waals surface area contributed by atoms with Gasteiger partial charge in [-0.2, -0.15) is 5.10 Å². The highest BCUT2D eigenvalue weighted by atomic mass is 16.5. The standard InChI is InChI=1S/C15H27N3O/c1-4-13(16)9-15-11(2)17-18(12(15)3)10-14-7-5-6-8-19-14/h13-14H,4-10,16H2,1-3H3. The minimum absolute atomic E-state index is 0.237. The average Bonchev–Trinajstić information content (AvgIpc) is 2.67. The van der Waals surface area contributed by atoms with E-state index in [9.17, 15) is 0 Å². The van der Waals surface area contributed by atoms with Gasteiger partial charge in [-0.05, 0) is 51.5 Å². The lowest BCUT2D eigenvalue weighted by Crippen LogP contribution is -2.25. The van der Waals surface area contributed by atoms with Crippen molar-refractivity contribution in [1.82, 2.24) is 9.78 Å². The summed E-state index contributed by atoms with van der Waals surface area (Å²) in [5.41, 5.74) is 9.78. The second-order valence-corrected chi connectivity index (χ2v) is 5.69. The summed E-state index contributed by atoms with van der Waals surface area (Å²) in [6.45, 7) is 8.16. The molecule has 1 fully saturated rings. The molecule has 1 aromatic rings. The Bertz CT molecular complexity index is 408. The normalized spacial score (nSPS) is 21.6. The smallest absolute Gasteiger partial charge is 0.0771 e. The quantitative estimate of drug-likeness (QED) is 0.889. The van der Waals surface area contributed by atoms with E-state index in [1.165, 1.54) is 24.1 Å². The van der Waals surface area contributed by atoms with Crippen LogP contribution in [-0.2, 0) is 17.7 Å². The fourth-order valence-electron chi connectivity index (χ4n) is 2.76. The minimum Gasteiger partial charge on any atom is -0.376 e. The molecule has 0 bridgehead atoms. The Balaban J connectivity index is 2.06. The van der Waals surface area contributed by atoms with Crippen LogP contribution >= 0.6 is 0 Å². The number of hydrogen-bond donors (Lipinski definition) is 1. The third kappa shape index (κ3) is 3.57. The Morgan fingerprint density at radius 1 is 1.42 bits per heavy atom. The van der Waals surface area contributed by atoms with Crippen LogP contribution in [0.25, 0.3) is 0 Å². The van der Waals surface area contributed by atoms with Gasteiger partial charge in [-0.1, -0.05) is 6.92 Å². The molecule has 4 nitrogen and oxygen atoms in total. The fraction of sp³-hybridized carbons (Fsp3) is 0.800. The van der Waals surface area contributed by atoms with Crippen molar-refractivity contribution in [2.75, 3.05) is 6.61 Å². The molecule has 0 saturated carbocycles. The topological polar surface area (TPSA) is 53.1 Å². The summed E-state index contributed by atoms with van der Waals surface area (Å²) in [6, 6.07) is 0.237. The van der Waals surface area contributed by atoms with Gasteiger partial charge in [0, 0.05) is 18.3 Å². The molecule has 0 aliphatic carbocycles. The molecule has 0 radical (unpaired) electrons. The molecule has 2 N–H and O–H groups in total. The van der Waals surface area contributed by atoms with Crippen molar-refractivity contribution >= 4 is 0 Å². The van der Waals surface area contributed by atoms with Gasteiger partial charge in [0.25, 0.3) is 0 Å². The van der Waals surface area contributed by atoms with Crippen molar-refractivity contribution < 1.29 is 4.74 Å². The second kappa shape index (κ2) is 6.53. The molecule has 4 heteroatoms. The molecule has 0 spiro atoms. The molecule has 2 atom stereocenters. The first kappa shape index (κ1) is 14.5. The van der Waals surface area contributed by atoms with Crippen LogP contribution in [0.3, 0.4) is 0 Å². The van der Waals surface area contributed by atoms with Gasteiger partial charge in [-0.25, -0.2) is 0 Å². The van der Waals surface area contributed by atoms with Crippen LogP contribution in [0.1, 0.15) is 49.6 Å². The van der Waals surface area contributed by atoms with Crippen LogP contribution in [-0.4, -0.2) is 28.5 Å². The third-order valence-corrected chi connectivity index (χ3v) is 4.17. The van der Waals surface area contributed by atoms with E-state index in [0.717, 1.165) is 38.1 Å². The Morgan fingerprint density at radius 3 is 2.84 bits per heavy atom. The maximum absolute atomic E-state index is 6.07. The van der Waals surface area contributed by atoms with Crippen molar-refractivity contribution in [2.45, 2.75) is 71.6 Å². The predicted molar refractivity (Wildman–Crippen MR) is 77.3 cm³/mol. The molecule has 0 amide bonds. The molecule has 1 saturated heterocycles. The van der Waals surface area contributed by atoms with E-state index in [2.05, 4.69) is 30.6 Å². The Hall–Kier alpha value is -0.870. The number of hydrogen-bond acceptors (Lipinski definition) is 3. The summed E-state index contributed by atoms with van der Waals surface area (Å²) < 4.78 is 7.92. The van der Waals surface area contributed by atoms with E-state index in [1.807, 2.05) is 0 Å². The van der Waals surface area contributed by atoms with Crippen molar-refractivity contribution in [2.24, 2.45) is 5.73 Å². The van der Waals surface area contributed by atoms with Gasteiger partial charge in [0.1, 0.15) is 0 Å². The lowest BCUT2D eigenvalue weighted by molar-refractivity contribution is 0.00360. The Kier molecular flexibility index (Phi) is 4.99. The first-order chi connectivity index (χ1) is 9.11. The van der Waals surface area contributed by atoms with Crippen LogP contribution in [0, 0.1) is 13.8 Å². The fourth-order valence-corrected chi connectivity index (χ4v) is 2.76.